The maximum Gasteiger partial charge on any atom is 0.0488 e. The molecule has 0 saturated carbocycles. The van der Waals surface area contributed by atoms with Crippen molar-refractivity contribution in [3.63, 3.8) is 0 Å². The van der Waals surface area contributed by atoms with Crippen LogP contribution in [-0.2, 0) is 13.0 Å². The highest BCUT2D eigenvalue weighted by molar-refractivity contribution is 5.91. The van der Waals surface area contributed by atoms with Crippen molar-refractivity contribution in [3.05, 3.63) is 54.3 Å². The van der Waals surface area contributed by atoms with E-state index in [9.17, 15) is 0 Å². The van der Waals surface area contributed by atoms with Crippen molar-refractivity contribution >= 4 is 17.0 Å². The molecule has 0 unspecified atom stereocenters. The van der Waals surface area contributed by atoms with Crippen LogP contribution >= 0.6 is 0 Å². The molecule has 0 fully saturated rings. The van der Waals surface area contributed by atoms with E-state index in [0.717, 1.165) is 25.8 Å². The second kappa shape index (κ2) is 4.25. The zero-order chi connectivity index (χ0) is 11.7. The summed E-state index contributed by atoms with van der Waals surface area (Å²) in [5.74, 6) is 0. The third kappa shape index (κ3) is 1.62. The minimum Gasteiger partial charge on any atom is -0.344 e. The standard InChI is InChI=1S/C16H17N/c1-2-3-12-17-15-10-6-4-8-13(15)14-9-5-7-11-16(14)17/h2,4-6,8-10H,1,3,7,11-12H2. The second-order valence-electron chi connectivity index (χ2n) is 4.55. The van der Waals surface area contributed by atoms with E-state index >= 15 is 0 Å². The van der Waals surface area contributed by atoms with E-state index in [4.69, 9.17) is 0 Å². The van der Waals surface area contributed by atoms with E-state index in [-0.39, 0.29) is 0 Å². The van der Waals surface area contributed by atoms with Crippen molar-refractivity contribution in [2.75, 3.05) is 0 Å². The van der Waals surface area contributed by atoms with E-state index in [1.807, 2.05) is 6.08 Å². The van der Waals surface area contributed by atoms with Crippen LogP contribution < -0.4 is 0 Å². The zero-order valence-electron chi connectivity index (χ0n) is 10.0. The number of para-hydroxylation sites is 1. The van der Waals surface area contributed by atoms with Crippen LogP contribution in [0.15, 0.2) is 43.0 Å². The van der Waals surface area contributed by atoms with Crippen LogP contribution in [-0.4, -0.2) is 4.57 Å². The molecule has 2 aromatic rings. The summed E-state index contributed by atoms with van der Waals surface area (Å²) in [6.07, 6.45) is 9.93. The molecule has 0 atom stereocenters. The van der Waals surface area contributed by atoms with Gasteiger partial charge in [0.25, 0.3) is 0 Å². The molecule has 0 N–H and O–H groups in total. The first kappa shape index (κ1) is 10.4. The van der Waals surface area contributed by atoms with Gasteiger partial charge in [-0.05, 0) is 25.3 Å². The minimum atomic E-state index is 1.04. The predicted octanol–water partition coefficient (Wildman–Crippen LogP) is 4.18. The number of aromatic nitrogens is 1. The third-order valence-electron chi connectivity index (χ3n) is 3.51. The highest BCUT2D eigenvalue weighted by Crippen LogP contribution is 2.31. The first-order valence-corrected chi connectivity index (χ1v) is 6.29. The summed E-state index contributed by atoms with van der Waals surface area (Å²) in [5.41, 5.74) is 4.29. The Morgan fingerprint density at radius 1 is 1.29 bits per heavy atom. The fraction of sp³-hybridized carbons (Fsp3) is 0.250. The van der Waals surface area contributed by atoms with E-state index in [1.54, 1.807) is 0 Å². The average Bonchev–Trinajstić information content (AvgIpc) is 2.71. The van der Waals surface area contributed by atoms with Gasteiger partial charge in [-0.15, -0.1) is 6.58 Å². The Balaban J connectivity index is 2.24. The molecular weight excluding hydrogens is 206 g/mol. The van der Waals surface area contributed by atoms with Crippen LogP contribution in [0, 0.1) is 0 Å². The third-order valence-corrected chi connectivity index (χ3v) is 3.51. The molecule has 0 radical (unpaired) electrons. The quantitative estimate of drug-likeness (QED) is 0.688. The number of aryl methyl sites for hydroxylation is 1. The Kier molecular flexibility index (Phi) is 2.60. The lowest BCUT2D eigenvalue weighted by Gasteiger charge is -2.11. The van der Waals surface area contributed by atoms with Gasteiger partial charge in [0.05, 0.1) is 0 Å². The van der Waals surface area contributed by atoms with Gasteiger partial charge in [0.15, 0.2) is 0 Å². The first-order valence-electron chi connectivity index (χ1n) is 6.29. The van der Waals surface area contributed by atoms with Crippen molar-refractivity contribution in [2.45, 2.75) is 25.8 Å². The summed E-state index contributed by atoms with van der Waals surface area (Å²) in [6.45, 7) is 4.87. The largest absolute Gasteiger partial charge is 0.344 e. The molecule has 0 saturated heterocycles. The summed E-state index contributed by atoms with van der Waals surface area (Å²) in [5, 5.41) is 1.39. The molecule has 0 bridgehead atoms. The van der Waals surface area contributed by atoms with Crippen LogP contribution in [0.3, 0.4) is 0 Å². The predicted molar refractivity (Wildman–Crippen MR) is 74.1 cm³/mol. The fourth-order valence-electron chi connectivity index (χ4n) is 2.74. The monoisotopic (exact) mass is 223 g/mol. The van der Waals surface area contributed by atoms with Gasteiger partial charge >= 0.3 is 0 Å². The number of hydrogen-bond acceptors (Lipinski definition) is 0. The highest BCUT2D eigenvalue weighted by Gasteiger charge is 2.15. The molecule has 0 aliphatic heterocycles. The highest BCUT2D eigenvalue weighted by atomic mass is 15.0. The van der Waals surface area contributed by atoms with Gasteiger partial charge < -0.3 is 4.57 Å². The van der Waals surface area contributed by atoms with Gasteiger partial charge in [-0.3, -0.25) is 0 Å². The molecule has 86 valence electrons. The van der Waals surface area contributed by atoms with Crippen molar-refractivity contribution in [1.82, 2.24) is 4.57 Å². The van der Waals surface area contributed by atoms with Crippen molar-refractivity contribution in [1.29, 1.82) is 0 Å². The molecular formula is C16H17N. The van der Waals surface area contributed by atoms with Gasteiger partial charge in [0, 0.05) is 28.7 Å². The molecule has 3 rings (SSSR count). The molecule has 0 amide bonds. The summed E-state index contributed by atoms with van der Waals surface area (Å²) >= 11 is 0. The number of nitrogens with zero attached hydrogens (tertiary/aromatic N) is 1. The molecule has 1 heteroatoms. The number of hydrogen-bond donors (Lipinski definition) is 0. The summed E-state index contributed by atoms with van der Waals surface area (Å²) < 4.78 is 2.47. The summed E-state index contributed by atoms with van der Waals surface area (Å²) in [4.78, 5) is 0. The van der Waals surface area contributed by atoms with Crippen molar-refractivity contribution in [2.24, 2.45) is 0 Å². The van der Waals surface area contributed by atoms with Crippen LogP contribution in [0.25, 0.3) is 17.0 Å². The maximum atomic E-state index is 3.82. The van der Waals surface area contributed by atoms with E-state index in [2.05, 4.69) is 47.6 Å². The van der Waals surface area contributed by atoms with Crippen LogP contribution in [0.2, 0.25) is 0 Å². The van der Waals surface area contributed by atoms with Gasteiger partial charge in [-0.1, -0.05) is 36.4 Å². The zero-order valence-corrected chi connectivity index (χ0v) is 10.0. The molecule has 1 heterocycles. The van der Waals surface area contributed by atoms with Crippen LogP contribution in [0.1, 0.15) is 24.1 Å². The average molecular weight is 223 g/mol. The Morgan fingerprint density at radius 2 is 2.18 bits per heavy atom. The van der Waals surface area contributed by atoms with E-state index in [0.29, 0.717) is 0 Å². The van der Waals surface area contributed by atoms with Crippen LogP contribution in [0.5, 0.6) is 0 Å². The normalized spacial score (nSPS) is 13.9. The van der Waals surface area contributed by atoms with Crippen molar-refractivity contribution in [3.8, 4) is 0 Å². The van der Waals surface area contributed by atoms with Crippen molar-refractivity contribution < 1.29 is 0 Å². The lowest BCUT2D eigenvalue weighted by Crippen LogP contribution is -2.04. The Morgan fingerprint density at radius 3 is 3.06 bits per heavy atom. The van der Waals surface area contributed by atoms with E-state index in [1.165, 1.54) is 22.2 Å². The SMILES string of the molecule is C=CCCn1c2c(c3ccccc31)C=CCC2. The van der Waals surface area contributed by atoms with Gasteiger partial charge in [-0.25, -0.2) is 0 Å². The molecule has 1 aliphatic carbocycles. The number of fused-ring (bicyclic) bond motifs is 3. The van der Waals surface area contributed by atoms with Crippen LogP contribution in [0.4, 0.5) is 0 Å². The van der Waals surface area contributed by atoms with Gasteiger partial charge in [0.2, 0.25) is 0 Å². The molecule has 1 aromatic heterocycles. The smallest absolute Gasteiger partial charge is 0.0488 e. The summed E-state index contributed by atoms with van der Waals surface area (Å²) in [7, 11) is 0. The van der Waals surface area contributed by atoms with Gasteiger partial charge in [0.1, 0.15) is 0 Å². The van der Waals surface area contributed by atoms with E-state index < -0.39 is 0 Å². The lowest BCUT2D eigenvalue weighted by molar-refractivity contribution is 0.689. The summed E-state index contributed by atoms with van der Waals surface area (Å²) in [6, 6.07) is 8.71. The Bertz CT molecular complexity index is 587. The molecule has 0 spiro atoms. The maximum absolute atomic E-state index is 3.82. The topological polar surface area (TPSA) is 4.93 Å². The number of rotatable bonds is 3. The molecule has 1 nitrogen and oxygen atoms in total. The molecule has 17 heavy (non-hydrogen) atoms. The minimum absolute atomic E-state index is 1.04. The fourth-order valence-corrected chi connectivity index (χ4v) is 2.74. The Hall–Kier alpha value is -1.76. The van der Waals surface area contributed by atoms with Gasteiger partial charge in [-0.2, -0.15) is 0 Å². The lowest BCUT2D eigenvalue weighted by atomic mass is 10.0. The molecule has 1 aromatic carbocycles. The second-order valence-corrected chi connectivity index (χ2v) is 4.55. The Labute approximate surface area is 102 Å². The number of allylic oxidation sites excluding steroid dienone is 2. The molecule has 1 aliphatic rings. The first-order chi connectivity index (χ1) is 8.42. The number of benzene rings is 1.